The molecule has 1 aromatic heterocycles. The summed E-state index contributed by atoms with van der Waals surface area (Å²) in [6.07, 6.45) is 9.56. The first-order valence-corrected chi connectivity index (χ1v) is 9.87. The van der Waals surface area contributed by atoms with Gasteiger partial charge in [-0.3, -0.25) is 0 Å². The zero-order valence-corrected chi connectivity index (χ0v) is 14.6. The lowest BCUT2D eigenvalue weighted by molar-refractivity contribution is 0.207. The molecule has 0 unspecified atom stereocenters. The van der Waals surface area contributed by atoms with Gasteiger partial charge in [-0.1, -0.05) is 43.5 Å². The van der Waals surface area contributed by atoms with Crippen molar-refractivity contribution in [1.82, 2.24) is 9.88 Å². The first-order valence-electron chi connectivity index (χ1n) is 9.06. The minimum atomic E-state index is 0.948. The Kier molecular flexibility index (Phi) is 4.77. The number of thiazole rings is 1. The zero-order valence-electron chi connectivity index (χ0n) is 13.8. The van der Waals surface area contributed by atoms with Gasteiger partial charge < -0.3 is 4.90 Å². The Balaban J connectivity index is 1.41. The monoisotopic (exact) mass is 325 g/mol. The summed E-state index contributed by atoms with van der Waals surface area (Å²) in [5, 5.41) is 1.18. The largest absolute Gasteiger partial charge is 0.302 e. The van der Waals surface area contributed by atoms with Gasteiger partial charge in [0.15, 0.2) is 0 Å². The summed E-state index contributed by atoms with van der Waals surface area (Å²) < 4.78 is 0. The summed E-state index contributed by atoms with van der Waals surface area (Å²) in [5.41, 5.74) is 2.59. The zero-order chi connectivity index (χ0) is 15.5. The number of rotatable bonds is 3. The van der Waals surface area contributed by atoms with E-state index in [2.05, 4.69) is 23.1 Å². The van der Waals surface area contributed by atoms with Gasteiger partial charge in [0.05, 0.1) is 5.69 Å². The first kappa shape index (κ1) is 15.3. The Morgan fingerprint density at radius 1 is 1.09 bits per heavy atom. The van der Waals surface area contributed by atoms with E-state index in [0.717, 1.165) is 12.3 Å². The van der Waals surface area contributed by atoms with E-state index in [0.29, 0.717) is 0 Å². The van der Waals surface area contributed by atoms with E-state index in [1.165, 1.54) is 79.3 Å². The number of hydrogen-bond acceptors (Lipinski definition) is 3. The van der Waals surface area contributed by atoms with Crippen LogP contribution in [0, 0.1) is 12.0 Å². The molecule has 1 fully saturated rings. The minimum absolute atomic E-state index is 0.948. The summed E-state index contributed by atoms with van der Waals surface area (Å²) in [6.45, 7) is 3.72. The highest BCUT2D eigenvalue weighted by molar-refractivity contribution is 7.15. The number of nitrogens with zero attached hydrogens (tertiary/aromatic N) is 2. The number of hydrogen-bond donors (Lipinski definition) is 0. The van der Waals surface area contributed by atoms with Crippen LogP contribution in [0.2, 0.25) is 0 Å². The van der Waals surface area contributed by atoms with Crippen LogP contribution >= 0.6 is 11.3 Å². The molecular weight excluding hydrogens is 300 g/mol. The topological polar surface area (TPSA) is 16.1 Å². The van der Waals surface area contributed by atoms with Crippen LogP contribution in [0.4, 0.5) is 0 Å². The van der Waals surface area contributed by atoms with Crippen LogP contribution in [-0.2, 0) is 12.8 Å². The molecule has 121 valence electrons. The van der Waals surface area contributed by atoms with Gasteiger partial charge in [0, 0.05) is 36.5 Å². The number of benzene rings is 1. The quantitative estimate of drug-likeness (QED) is 0.820. The molecule has 4 rings (SSSR count). The van der Waals surface area contributed by atoms with E-state index in [4.69, 9.17) is 4.98 Å². The molecule has 0 bridgehead atoms. The fraction of sp³-hybridized carbons (Fsp3) is 0.550. The van der Waals surface area contributed by atoms with E-state index >= 15 is 0 Å². The SMILES string of the molecule is [c]1ccc(-c2nc3c(s2)CCN(CC2CCCCC2)CC3)cc1. The molecule has 0 saturated heterocycles. The van der Waals surface area contributed by atoms with Crippen molar-refractivity contribution in [3.63, 3.8) is 0 Å². The molecule has 2 nitrogen and oxygen atoms in total. The third kappa shape index (κ3) is 3.67. The molecule has 3 heteroatoms. The molecule has 23 heavy (non-hydrogen) atoms. The average Bonchev–Trinajstić information content (AvgIpc) is 2.93. The van der Waals surface area contributed by atoms with Gasteiger partial charge >= 0.3 is 0 Å². The molecule has 1 saturated carbocycles. The lowest BCUT2D eigenvalue weighted by atomic mass is 9.89. The van der Waals surface area contributed by atoms with Crippen LogP contribution in [-0.4, -0.2) is 29.5 Å². The highest BCUT2D eigenvalue weighted by atomic mass is 32.1. The van der Waals surface area contributed by atoms with Crippen molar-refractivity contribution in [3.05, 3.63) is 40.9 Å². The Bertz CT molecular complexity index is 603. The summed E-state index contributed by atoms with van der Waals surface area (Å²) in [4.78, 5) is 9.15. The summed E-state index contributed by atoms with van der Waals surface area (Å²) in [6, 6.07) is 11.3. The van der Waals surface area contributed by atoms with Crippen LogP contribution in [0.3, 0.4) is 0 Å². The molecule has 0 spiro atoms. The Hall–Kier alpha value is -1.19. The van der Waals surface area contributed by atoms with Crippen LogP contribution in [0.25, 0.3) is 10.6 Å². The van der Waals surface area contributed by atoms with E-state index in [1.807, 2.05) is 23.5 Å². The summed E-state index contributed by atoms with van der Waals surface area (Å²) in [5.74, 6) is 0.948. The fourth-order valence-electron chi connectivity index (χ4n) is 3.98. The standard InChI is InChI=1S/C20H25N2S/c1-3-7-16(8-4-1)15-22-13-11-18-19(12-14-22)23-20(21-18)17-9-5-2-6-10-17/h5-6,9-10,16H,1,3-4,7-8,11-15H2. The van der Waals surface area contributed by atoms with Crippen molar-refractivity contribution in [3.8, 4) is 10.6 Å². The van der Waals surface area contributed by atoms with Gasteiger partial charge in [-0.05, 0) is 31.2 Å². The molecule has 1 aromatic carbocycles. The molecule has 1 aliphatic heterocycles. The van der Waals surface area contributed by atoms with E-state index in [9.17, 15) is 0 Å². The highest BCUT2D eigenvalue weighted by Gasteiger charge is 2.22. The fourth-order valence-corrected chi connectivity index (χ4v) is 5.08. The molecule has 0 N–H and O–H groups in total. The second kappa shape index (κ2) is 7.14. The molecule has 0 amide bonds. The maximum Gasteiger partial charge on any atom is 0.123 e. The number of fused-ring (bicyclic) bond motifs is 1. The third-order valence-electron chi connectivity index (χ3n) is 5.30. The Labute approximate surface area is 143 Å². The van der Waals surface area contributed by atoms with E-state index in [-0.39, 0.29) is 0 Å². The van der Waals surface area contributed by atoms with Crippen LogP contribution in [0.5, 0.6) is 0 Å². The van der Waals surface area contributed by atoms with Crippen molar-refractivity contribution in [2.45, 2.75) is 44.9 Å². The van der Waals surface area contributed by atoms with Crippen LogP contribution in [0.15, 0.2) is 24.3 Å². The molecule has 2 aliphatic rings. The second-order valence-electron chi connectivity index (χ2n) is 6.98. The molecule has 2 heterocycles. The smallest absolute Gasteiger partial charge is 0.123 e. The predicted octanol–water partition coefficient (Wildman–Crippen LogP) is 4.59. The van der Waals surface area contributed by atoms with Gasteiger partial charge in [0.25, 0.3) is 0 Å². The van der Waals surface area contributed by atoms with Crippen LogP contribution in [0.1, 0.15) is 42.7 Å². The van der Waals surface area contributed by atoms with Crippen molar-refractivity contribution >= 4 is 11.3 Å². The van der Waals surface area contributed by atoms with Gasteiger partial charge in [0.2, 0.25) is 0 Å². The molecule has 0 atom stereocenters. The van der Waals surface area contributed by atoms with Gasteiger partial charge in [-0.15, -0.1) is 11.3 Å². The normalized spacial score (nSPS) is 20.2. The Morgan fingerprint density at radius 3 is 2.70 bits per heavy atom. The predicted molar refractivity (Wildman–Crippen MR) is 96.8 cm³/mol. The number of aromatic nitrogens is 1. The van der Waals surface area contributed by atoms with Crippen molar-refractivity contribution < 1.29 is 0 Å². The van der Waals surface area contributed by atoms with Crippen molar-refractivity contribution in [1.29, 1.82) is 0 Å². The lowest BCUT2D eigenvalue weighted by Crippen LogP contribution is -2.32. The molecule has 2 aromatic rings. The molecule has 1 radical (unpaired) electrons. The summed E-state index contributed by atoms with van der Waals surface area (Å²) in [7, 11) is 0. The van der Waals surface area contributed by atoms with Gasteiger partial charge in [-0.25, -0.2) is 4.98 Å². The first-order chi connectivity index (χ1) is 11.4. The second-order valence-corrected chi connectivity index (χ2v) is 8.07. The molecular formula is C20H25N2S. The van der Waals surface area contributed by atoms with Gasteiger partial charge in [0.1, 0.15) is 5.01 Å². The average molecular weight is 326 g/mol. The van der Waals surface area contributed by atoms with Gasteiger partial charge in [-0.2, -0.15) is 0 Å². The molecule has 1 aliphatic carbocycles. The van der Waals surface area contributed by atoms with Crippen LogP contribution < -0.4 is 0 Å². The maximum atomic E-state index is 4.94. The lowest BCUT2D eigenvalue weighted by Gasteiger charge is -2.28. The maximum absolute atomic E-state index is 4.94. The summed E-state index contributed by atoms with van der Waals surface area (Å²) >= 11 is 1.90. The van der Waals surface area contributed by atoms with E-state index in [1.54, 1.807) is 0 Å². The van der Waals surface area contributed by atoms with E-state index < -0.39 is 0 Å². The third-order valence-corrected chi connectivity index (χ3v) is 6.51. The van der Waals surface area contributed by atoms with Crippen molar-refractivity contribution in [2.75, 3.05) is 19.6 Å². The minimum Gasteiger partial charge on any atom is -0.302 e. The Morgan fingerprint density at radius 2 is 1.87 bits per heavy atom. The van der Waals surface area contributed by atoms with Crippen molar-refractivity contribution in [2.24, 2.45) is 5.92 Å². The highest BCUT2D eigenvalue weighted by Crippen LogP contribution is 2.31.